The van der Waals surface area contributed by atoms with Crippen molar-refractivity contribution in [2.45, 2.75) is 17.6 Å². The second kappa shape index (κ2) is 5.89. The van der Waals surface area contributed by atoms with Gasteiger partial charge in [-0.2, -0.15) is 4.99 Å². The highest BCUT2D eigenvalue weighted by atomic mass is 32.2. The molecule has 0 bridgehead atoms. The molecule has 1 aliphatic rings. The predicted molar refractivity (Wildman–Crippen MR) is 94.2 cm³/mol. The first-order valence-electron chi connectivity index (χ1n) is 7.41. The van der Waals surface area contributed by atoms with Crippen molar-refractivity contribution < 1.29 is 17.9 Å². The average Bonchev–Trinajstić information content (AvgIpc) is 2.52. The van der Waals surface area contributed by atoms with Crippen LogP contribution in [0.5, 0.6) is 5.75 Å². The second-order valence-electron chi connectivity index (χ2n) is 5.79. The zero-order valence-corrected chi connectivity index (χ0v) is 14.6. The van der Waals surface area contributed by atoms with Gasteiger partial charge in [-0.05, 0) is 47.9 Å². The molecule has 0 saturated carbocycles. The lowest BCUT2D eigenvalue weighted by Crippen LogP contribution is -2.24. The molecule has 130 valence electrons. The van der Waals surface area contributed by atoms with Crippen LogP contribution in [0.4, 0.5) is 0 Å². The monoisotopic (exact) mass is 359 g/mol. The van der Waals surface area contributed by atoms with Gasteiger partial charge in [0.25, 0.3) is 5.91 Å². The standard InChI is InChI=1S/C17H17N3O4S/c1-9-5-14-12-4-3-11(24-2)6-10(12)8-25(22,23)15(14)7-13(9)16(21)20-17(18)19/h3-7H,8H2,1-2H3,(H4,18,19,20,21). The lowest BCUT2D eigenvalue weighted by atomic mass is 9.95. The molecule has 1 amide bonds. The summed E-state index contributed by atoms with van der Waals surface area (Å²) in [5.41, 5.74) is 13.2. The number of fused-ring (bicyclic) bond motifs is 3. The Morgan fingerprint density at radius 3 is 2.52 bits per heavy atom. The molecule has 25 heavy (non-hydrogen) atoms. The van der Waals surface area contributed by atoms with Crippen LogP contribution in [-0.2, 0) is 15.6 Å². The zero-order valence-electron chi connectivity index (χ0n) is 13.7. The number of hydrogen-bond acceptors (Lipinski definition) is 4. The molecule has 2 aromatic rings. The summed E-state index contributed by atoms with van der Waals surface area (Å²) in [7, 11) is -2.07. The highest BCUT2D eigenvalue weighted by Gasteiger charge is 2.30. The minimum absolute atomic E-state index is 0.102. The number of rotatable bonds is 2. The summed E-state index contributed by atoms with van der Waals surface area (Å²) in [5.74, 6) is -0.613. The number of nitrogens with zero attached hydrogens (tertiary/aromatic N) is 1. The summed E-state index contributed by atoms with van der Waals surface area (Å²) >= 11 is 0. The first kappa shape index (κ1) is 17.0. The molecule has 2 aromatic carbocycles. The van der Waals surface area contributed by atoms with Gasteiger partial charge in [0.1, 0.15) is 5.75 Å². The number of aliphatic imine (C=N–C) groups is 1. The number of nitrogens with two attached hydrogens (primary N) is 2. The van der Waals surface area contributed by atoms with Crippen LogP contribution in [0.3, 0.4) is 0 Å². The van der Waals surface area contributed by atoms with Crippen molar-refractivity contribution in [2.75, 3.05) is 7.11 Å². The van der Waals surface area contributed by atoms with Crippen molar-refractivity contribution in [1.29, 1.82) is 0 Å². The first-order valence-corrected chi connectivity index (χ1v) is 9.07. The number of aryl methyl sites for hydroxylation is 1. The van der Waals surface area contributed by atoms with E-state index in [9.17, 15) is 13.2 Å². The molecule has 0 saturated heterocycles. The molecule has 1 aliphatic heterocycles. The van der Waals surface area contributed by atoms with Crippen molar-refractivity contribution in [3.05, 3.63) is 47.0 Å². The van der Waals surface area contributed by atoms with Crippen molar-refractivity contribution in [3.8, 4) is 16.9 Å². The van der Waals surface area contributed by atoms with E-state index in [-0.39, 0.29) is 22.2 Å². The van der Waals surface area contributed by atoms with Crippen molar-refractivity contribution in [3.63, 3.8) is 0 Å². The number of methoxy groups -OCH3 is 1. The van der Waals surface area contributed by atoms with Crippen LogP contribution >= 0.6 is 0 Å². The van der Waals surface area contributed by atoms with E-state index >= 15 is 0 Å². The molecule has 3 rings (SSSR count). The van der Waals surface area contributed by atoms with Crippen LogP contribution in [0.1, 0.15) is 21.5 Å². The molecule has 0 atom stereocenters. The lowest BCUT2D eigenvalue weighted by molar-refractivity contribution is 0.100. The molecule has 0 unspecified atom stereocenters. The minimum atomic E-state index is -3.60. The third-order valence-electron chi connectivity index (χ3n) is 4.07. The van der Waals surface area contributed by atoms with Gasteiger partial charge in [-0.3, -0.25) is 4.79 Å². The van der Waals surface area contributed by atoms with Gasteiger partial charge in [-0.1, -0.05) is 6.07 Å². The van der Waals surface area contributed by atoms with E-state index in [1.807, 2.05) is 6.07 Å². The summed E-state index contributed by atoms with van der Waals surface area (Å²) < 4.78 is 30.6. The quantitative estimate of drug-likeness (QED) is 0.616. The Morgan fingerprint density at radius 1 is 1.16 bits per heavy atom. The van der Waals surface area contributed by atoms with Gasteiger partial charge < -0.3 is 16.2 Å². The normalized spacial score (nSPS) is 14.2. The second-order valence-corrected chi connectivity index (χ2v) is 7.75. The molecule has 4 N–H and O–H groups in total. The number of ether oxygens (including phenoxy) is 1. The third kappa shape index (κ3) is 2.96. The summed E-state index contributed by atoms with van der Waals surface area (Å²) in [6.07, 6.45) is 0. The number of guanidine groups is 1. The maximum Gasteiger partial charge on any atom is 0.280 e. The molecule has 1 heterocycles. The van der Waals surface area contributed by atoms with Crippen LogP contribution in [0.15, 0.2) is 40.2 Å². The molecule has 0 aliphatic carbocycles. The minimum Gasteiger partial charge on any atom is -0.497 e. The van der Waals surface area contributed by atoms with Crippen molar-refractivity contribution in [2.24, 2.45) is 16.5 Å². The fourth-order valence-electron chi connectivity index (χ4n) is 2.93. The highest BCUT2D eigenvalue weighted by Crippen LogP contribution is 2.40. The topological polar surface area (TPSA) is 125 Å². The fraction of sp³-hybridized carbons (Fsp3) is 0.176. The number of sulfone groups is 1. The van der Waals surface area contributed by atoms with E-state index < -0.39 is 15.7 Å². The van der Waals surface area contributed by atoms with Gasteiger partial charge in [-0.15, -0.1) is 0 Å². The van der Waals surface area contributed by atoms with E-state index in [0.29, 0.717) is 22.4 Å². The average molecular weight is 359 g/mol. The Labute approximate surface area is 145 Å². The lowest BCUT2D eigenvalue weighted by Gasteiger charge is -2.22. The number of amides is 1. The Hall–Kier alpha value is -2.87. The van der Waals surface area contributed by atoms with Gasteiger partial charge >= 0.3 is 0 Å². The summed E-state index contributed by atoms with van der Waals surface area (Å²) in [5, 5.41) is 0. The largest absolute Gasteiger partial charge is 0.497 e. The number of carbonyl (C=O) groups excluding carboxylic acids is 1. The third-order valence-corrected chi connectivity index (χ3v) is 5.77. The van der Waals surface area contributed by atoms with Crippen molar-refractivity contribution >= 4 is 21.7 Å². The molecule has 0 aromatic heterocycles. The van der Waals surface area contributed by atoms with Gasteiger partial charge in [-0.25, -0.2) is 8.42 Å². The Morgan fingerprint density at radius 2 is 1.88 bits per heavy atom. The van der Waals surface area contributed by atoms with Gasteiger partial charge in [0.05, 0.1) is 17.8 Å². The van der Waals surface area contributed by atoms with Gasteiger partial charge in [0.15, 0.2) is 15.8 Å². The van der Waals surface area contributed by atoms with E-state index in [0.717, 1.165) is 5.56 Å². The number of benzene rings is 2. The summed E-state index contributed by atoms with van der Waals surface area (Å²) in [4.78, 5) is 15.7. The maximum atomic E-state index is 12.7. The summed E-state index contributed by atoms with van der Waals surface area (Å²) in [6.45, 7) is 1.71. The Balaban J connectivity index is 2.25. The van der Waals surface area contributed by atoms with Gasteiger partial charge in [0.2, 0.25) is 0 Å². The number of carbonyl (C=O) groups is 1. The van der Waals surface area contributed by atoms with E-state index in [1.54, 1.807) is 25.1 Å². The fourth-order valence-corrected chi connectivity index (χ4v) is 4.53. The smallest absolute Gasteiger partial charge is 0.280 e. The van der Waals surface area contributed by atoms with Crippen LogP contribution in [0.2, 0.25) is 0 Å². The Kier molecular flexibility index (Phi) is 4.00. The highest BCUT2D eigenvalue weighted by molar-refractivity contribution is 7.90. The molecule has 0 fully saturated rings. The predicted octanol–water partition coefficient (Wildman–Crippen LogP) is 1.37. The zero-order chi connectivity index (χ0) is 18.4. The van der Waals surface area contributed by atoms with Crippen LogP contribution < -0.4 is 16.2 Å². The van der Waals surface area contributed by atoms with Crippen LogP contribution in [0.25, 0.3) is 11.1 Å². The molecule has 0 radical (unpaired) electrons. The molecular formula is C17H17N3O4S. The summed E-state index contributed by atoms with van der Waals surface area (Å²) in [6, 6.07) is 8.32. The van der Waals surface area contributed by atoms with E-state index in [1.165, 1.54) is 13.2 Å². The molecule has 8 heteroatoms. The molecule has 0 spiro atoms. The van der Waals surface area contributed by atoms with Crippen LogP contribution in [-0.4, -0.2) is 27.4 Å². The van der Waals surface area contributed by atoms with E-state index in [4.69, 9.17) is 16.2 Å². The molecule has 7 nitrogen and oxygen atoms in total. The first-order chi connectivity index (χ1) is 11.7. The SMILES string of the molecule is COc1ccc2c(c1)CS(=O)(=O)c1cc(C(=O)N=C(N)N)c(C)cc1-2. The van der Waals surface area contributed by atoms with Crippen molar-refractivity contribution in [1.82, 2.24) is 0 Å². The Bertz CT molecular complexity index is 1020. The van der Waals surface area contributed by atoms with Gasteiger partial charge in [0, 0.05) is 11.1 Å². The maximum absolute atomic E-state index is 12.7. The number of hydrogen-bond donors (Lipinski definition) is 2. The van der Waals surface area contributed by atoms with Crippen LogP contribution in [0, 0.1) is 6.92 Å². The molecular weight excluding hydrogens is 342 g/mol. The van der Waals surface area contributed by atoms with E-state index in [2.05, 4.69) is 4.99 Å².